The van der Waals surface area contributed by atoms with Crippen LogP contribution in [-0.4, -0.2) is 23.1 Å². The zero-order valence-electron chi connectivity index (χ0n) is 11.9. The summed E-state index contributed by atoms with van der Waals surface area (Å²) < 4.78 is 5.37. The normalized spacial score (nSPS) is 23.1. The maximum Gasteiger partial charge on any atom is 0.242 e. The van der Waals surface area contributed by atoms with Crippen molar-refractivity contribution < 1.29 is 4.74 Å². The Morgan fingerprint density at radius 2 is 2.26 bits per heavy atom. The molecule has 0 saturated heterocycles. The third kappa shape index (κ3) is 3.72. The molecule has 2 atom stereocenters. The number of nitrogens with one attached hydrogen (secondary N) is 1. The first kappa shape index (κ1) is 13.9. The molecule has 0 bridgehead atoms. The second-order valence-electron chi connectivity index (χ2n) is 5.39. The van der Waals surface area contributed by atoms with Gasteiger partial charge >= 0.3 is 0 Å². The molecule has 0 spiro atoms. The highest BCUT2D eigenvalue weighted by molar-refractivity contribution is 5.66. The molecule has 1 saturated carbocycles. The summed E-state index contributed by atoms with van der Waals surface area (Å²) in [6.07, 6.45) is 6.77. The fourth-order valence-corrected chi connectivity index (χ4v) is 2.76. The molecule has 1 aliphatic rings. The Bertz CT molecular complexity index is 410. The molecule has 1 fully saturated rings. The number of nitrogens with two attached hydrogens (primary N) is 1. The summed E-state index contributed by atoms with van der Waals surface area (Å²) >= 11 is 0. The topological polar surface area (TPSA) is 73.1 Å². The molecule has 1 aliphatic carbocycles. The number of aromatic nitrogens is 2. The van der Waals surface area contributed by atoms with Gasteiger partial charge in [0.2, 0.25) is 5.88 Å². The number of ether oxygens (including phenoxy) is 1. The maximum absolute atomic E-state index is 6.00. The Morgan fingerprint density at radius 1 is 1.42 bits per heavy atom. The molecular weight excluding hydrogens is 240 g/mol. The van der Waals surface area contributed by atoms with E-state index in [0.29, 0.717) is 29.9 Å². The Kier molecular flexibility index (Phi) is 4.82. The first-order valence-electron chi connectivity index (χ1n) is 7.17. The van der Waals surface area contributed by atoms with E-state index in [1.807, 2.05) is 6.92 Å². The maximum atomic E-state index is 6.00. The highest BCUT2D eigenvalue weighted by Gasteiger charge is 2.19. The summed E-state index contributed by atoms with van der Waals surface area (Å²) in [6, 6.07) is 0. The second-order valence-corrected chi connectivity index (χ2v) is 5.39. The molecule has 1 heterocycles. The van der Waals surface area contributed by atoms with Crippen molar-refractivity contribution in [2.75, 3.05) is 24.2 Å². The summed E-state index contributed by atoms with van der Waals surface area (Å²) in [4.78, 5) is 8.23. The molecule has 0 radical (unpaired) electrons. The zero-order chi connectivity index (χ0) is 13.7. The van der Waals surface area contributed by atoms with Gasteiger partial charge < -0.3 is 15.8 Å². The lowest BCUT2D eigenvalue weighted by Crippen LogP contribution is -2.22. The molecule has 0 aliphatic heterocycles. The number of hydrogen-bond acceptors (Lipinski definition) is 5. The number of hydrogen-bond donors (Lipinski definition) is 2. The van der Waals surface area contributed by atoms with Gasteiger partial charge in [0, 0.05) is 6.54 Å². The number of anilines is 2. The fourth-order valence-electron chi connectivity index (χ4n) is 2.76. The number of rotatable bonds is 5. The Labute approximate surface area is 115 Å². The molecule has 2 rings (SSSR count). The van der Waals surface area contributed by atoms with E-state index in [2.05, 4.69) is 22.2 Å². The van der Waals surface area contributed by atoms with Crippen molar-refractivity contribution in [3.05, 3.63) is 6.33 Å². The summed E-state index contributed by atoms with van der Waals surface area (Å²) in [5.74, 6) is 2.71. The molecule has 0 aromatic carbocycles. The molecule has 0 amide bonds. The van der Waals surface area contributed by atoms with Crippen LogP contribution in [0.3, 0.4) is 0 Å². The van der Waals surface area contributed by atoms with Gasteiger partial charge in [-0.1, -0.05) is 19.8 Å². The Morgan fingerprint density at radius 3 is 3.00 bits per heavy atom. The van der Waals surface area contributed by atoms with Crippen molar-refractivity contribution in [1.82, 2.24) is 9.97 Å². The predicted molar refractivity (Wildman–Crippen MR) is 77.2 cm³/mol. The van der Waals surface area contributed by atoms with Crippen LogP contribution in [0.5, 0.6) is 5.88 Å². The van der Waals surface area contributed by atoms with Gasteiger partial charge in [0.25, 0.3) is 0 Å². The van der Waals surface area contributed by atoms with Crippen LogP contribution in [0.1, 0.15) is 39.5 Å². The highest BCUT2D eigenvalue weighted by atomic mass is 16.5. The van der Waals surface area contributed by atoms with E-state index in [9.17, 15) is 0 Å². The van der Waals surface area contributed by atoms with Gasteiger partial charge in [-0.2, -0.15) is 4.98 Å². The van der Waals surface area contributed by atoms with Crippen molar-refractivity contribution in [3.8, 4) is 5.88 Å². The van der Waals surface area contributed by atoms with Crippen molar-refractivity contribution in [2.24, 2.45) is 11.8 Å². The van der Waals surface area contributed by atoms with Crippen LogP contribution >= 0.6 is 0 Å². The van der Waals surface area contributed by atoms with Crippen molar-refractivity contribution >= 4 is 11.5 Å². The van der Waals surface area contributed by atoms with Gasteiger partial charge in [-0.15, -0.1) is 0 Å². The second kappa shape index (κ2) is 6.59. The Hall–Kier alpha value is -1.52. The van der Waals surface area contributed by atoms with Crippen LogP contribution in [0.2, 0.25) is 0 Å². The van der Waals surface area contributed by atoms with Crippen LogP contribution in [0, 0.1) is 11.8 Å². The van der Waals surface area contributed by atoms with E-state index in [-0.39, 0.29) is 0 Å². The number of nitrogen functional groups attached to an aromatic ring is 1. The summed E-state index contributed by atoms with van der Waals surface area (Å²) in [5, 5.41) is 3.35. The molecule has 1 aromatic rings. The van der Waals surface area contributed by atoms with Gasteiger partial charge in [0.1, 0.15) is 12.0 Å². The van der Waals surface area contributed by atoms with Gasteiger partial charge in [0.15, 0.2) is 5.82 Å². The molecule has 3 N–H and O–H groups in total. The van der Waals surface area contributed by atoms with Crippen LogP contribution in [0.25, 0.3) is 0 Å². The first-order valence-corrected chi connectivity index (χ1v) is 7.17. The first-order chi connectivity index (χ1) is 9.20. The van der Waals surface area contributed by atoms with Gasteiger partial charge in [-0.3, -0.25) is 0 Å². The van der Waals surface area contributed by atoms with Crippen LogP contribution < -0.4 is 15.8 Å². The molecular formula is C14H24N4O. The van der Waals surface area contributed by atoms with Crippen molar-refractivity contribution in [1.29, 1.82) is 0 Å². The predicted octanol–water partition coefficient (Wildman–Crippen LogP) is 2.70. The molecule has 5 nitrogen and oxygen atoms in total. The minimum Gasteiger partial charge on any atom is -0.476 e. The van der Waals surface area contributed by atoms with Crippen LogP contribution in [0.4, 0.5) is 11.5 Å². The molecule has 5 heteroatoms. The summed E-state index contributed by atoms with van der Waals surface area (Å²) in [7, 11) is 0. The highest BCUT2D eigenvalue weighted by Crippen LogP contribution is 2.30. The monoisotopic (exact) mass is 264 g/mol. The summed E-state index contributed by atoms with van der Waals surface area (Å²) in [6.45, 7) is 5.73. The average molecular weight is 264 g/mol. The molecule has 1 aromatic heterocycles. The quantitative estimate of drug-likeness (QED) is 0.855. The zero-order valence-corrected chi connectivity index (χ0v) is 11.9. The Balaban J connectivity index is 1.93. The molecule has 2 unspecified atom stereocenters. The minimum atomic E-state index is 0.469. The van der Waals surface area contributed by atoms with E-state index >= 15 is 0 Å². The van der Waals surface area contributed by atoms with E-state index in [1.165, 1.54) is 32.0 Å². The smallest absolute Gasteiger partial charge is 0.242 e. The third-order valence-electron chi connectivity index (χ3n) is 3.73. The molecule has 106 valence electrons. The van der Waals surface area contributed by atoms with E-state index in [0.717, 1.165) is 12.5 Å². The third-order valence-corrected chi connectivity index (χ3v) is 3.73. The van der Waals surface area contributed by atoms with Crippen molar-refractivity contribution in [3.63, 3.8) is 0 Å². The average Bonchev–Trinajstić information content (AvgIpc) is 2.40. The fraction of sp³-hybridized carbons (Fsp3) is 0.714. The van der Waals surface area contributed by atoms with E-state index in [1.54, 1.807) is 0 Å². The SMILES string of the molecule is CCOc1ncnc(NCC2CCCC(C)C2)c1N. The standard InChI is InChI=1S/C14H24N4O/c1-3-19-14-12(15)13(17-9-18-14)16-8-11-6-4-5-10(2)7-11/h9-11H,3-8,15H2,1-2H3,(H,16,17,18). The largest absolute Gasteiger partial charge is 0.476 e. The lowest BCUT2D eigenvalue weighted by Gasteiger charge is -2.27. The van der Waals surface area contributed by atoms with E-state index in [4.69, 9.17) is 10.5 Å². The number of nitrogens with zero attached hydrogens (tertiary/aromatic N) is 2. The van der Waals surface area contributed by atoms with Crippen LogP contribution in [0.15, 0.2) is 6.33 Å². The lowest BCUT2D eigenvalue weighted by molar-refractivity contribution is 0.293. The van der Waals surface area contributed by atoms with Gasteiger partial charge in [0.05, 0.1) is 6.61 Å². The molecule has 19 heavy (non-hydrogen) atoms. The minimum absolute atomic E-state index is 0.469. The lowest BCUT2D eigenvalue weighted by atomic mass is 9.82. The summed E-state index contributed by atoms with van der Waals surface area (Å²) in [5.41, 5.74) is 6.51. The van der Waals surface area contributed by atoms with Gasteiger partial charge in [-0.25, -0.2) is 4.98 Å². The van der Waals surface area contributed by atoms with E-state index < -0.39 is 0 Å². The van der Waals surface area contributed by atoms with Crippen molar-refractivity contribution in [2.45, 2.75) is 39.5 Å². The van der Waals surface area contributed by atoms with Gasteiger partial charge in [-0.05, 0) is 31.6 Å². The van der Waals surface area contributed by atoms with Crippen LogP contribution in [-0.2, 0) is 0 Å².